The number of rotatable bonds is 8. The molecule has 18 heavy (non-hydrogen) atoms. The van der Waals surface area contributed by atoms with Crippen LogP contribution in [0.4, 0.5) is 0 Å². The molecule has 0 heterocycles. The van der Waals surface area contributed by atoms with Crippen LogP contribution in [0.2, 0.25) is 0 Å². The van der Waals surface area contributed by atoms with Gasteiger partial charge >= 0.3 is 0 Å². The van der Waals surface area contributed by atoms with Gasteiger partial charge in [0.05, 0.1) is 6.10 Å². The quantitative estimate of drug-likeness (QED) is 0.739. The van der Waals surface area contributed by atoms with Crippen molar-refractivity contribution in [3.05, 3.63) is 35.4 Å². The molecule has 2 atom stereocenters. The van der Waals surface area contributed by atoms with Gasteiger partial charge in [-0.25, -0.2) is 0 Å². The largest absolute Gasteiger partial charge is 0.392 e. The minimum Gasteiger partial charge on any atom is -0.392 e. The van der Waals surface area contributed by atoms with E-state index >= 15 is 0 Å². The van der Waals surface area contributed by atoms with Gasteiger partial charge in [0.1, 0.15) is 0 Å². The molecule has 0 aliphatic heterocycles. The van der Waals surface area contributed by atoms with Crippen molar-refractivity contribution in [2.45, 2.75) is 58.6 Å². The van der Waals surface area contributed by atoms with E-state index in [2.05, 4.69) is 43.4 Å². The van der Waals surface area contributed by atoms with E-state index in [0.29, 0.717) is 12.6 Å². The van der Waals surface area contributed by atoms with Crippen molar-refractivity contribution in [2.24, 2.45) is 0 Å². The standard InChI is InChI=1S/C16H27NO/c1-4-6-7-14-8-10-15(11-9-14)13(3)17-12-16(18)5-2/h8-11,13,16-18H,4-7,12H2,1-3H3. The predicted octanol–water partition coefficient (Wildman–Crippen LogP) is 3.45. The van der Waals surface area contributed by atoms with Crippen LogP contribution in [-0.2, 0) is 6.42 Å². The summed E-state index contributed by atoms with van der Waals surface area (Å²) < 4.78 is 0. The van der Waals surface area contributed by atoms with Gasteiger partial charge in [-0.3, -0.25) is 0 Å². The van der Waals surface area contributed by atoms with E-state index in [-0.39, 0.29) is 6.10 Å². The molecule has 1 rings (SSSR count). The molecule has 0 bridgehead atoms. The Morgan fingerprint density at radius 3 is 2.39 bits per heavy atom. The summed E-state index contributed by atoms with van der Waals surface area (Å²) >= 11 is 0. The molecule has 0 aliphatic rings. The minimum atomic E-state index is -0.240. The normalized spacial score (nSPS) is 14.4. The Labute approximate surface area is 111 Å². The SMILES string of the molecule is CCCCc1ccc(C(C)NCC(O)CC)cc1. The molecule has 0 aromatic heterocycles. The first-order chi connectivity index (χ1) is 8.67. The molecule has 2 N–H and O–H groups in total. The maximum absolute atomic E-state index is 9.53. The molecule has 0 amide bonds. The molecule has 2 heteroatoms. The molecule has 0 aliphatic carbocycles. The first kappa shape index (κ1) is 15.2. The van der Waals surface area contributed by atoms with Crippen LogP contribution in [0.15, 0.2) is 24.3 Å². The Bertz CT molecular complexity index is 320. The molecular formula is C16H27NO. The van der Waals surface area contributed by atoms with Gasteiger partial charge in [-0.05, 0) is 37.3 Å². The van der Waals surface area contributed by atoms with Crippen molar-refractivity contribution in [3.63, 3.8) is 0 Å². The molecule has 0 radical (unpaired) electrons. The number of nitrogens with one attached hydrogen (secondary N) is 1. The van der Waals surface area contributed by atoms with E-state index < -0.39 is 0 Å². The van der Waals surface area contributed by atoms with Crippen molar-refractivity contribution in [2.75, 3.05) is 6.54 Å². The van der Waals surface area contributed by atoms with Crippen LogP contribution in [0.25, 0.3) is 0 Å². The summed E-state index contributed by atoms with van der Waals surface area (Å²) in [6.07, 6.45) is 4.24. The molecule has 0 saturated carbocycles. The third-order valence-corrected chi connectivity index (χ3v) is 3.43. The monoisotopic (exact) mass is 249 g/mol. The van der Waals surface area contributed by atoms with Crippen LogP contribution in [0.5, 0.6) is 0 Å². The van der Waals surface area contributed by atoms with E-state index in [9.17, 15) is 5.11 Å². The molecule has 0 saturated heterocycles. The summed E-state index contributed by atoms with van der Waals surface area (Å²) in [5.41, 5.74) is 2.71. The third-order valence-electron chi connectivity index (χ3n) is 3.43. The van der Waals surface area contributed by atoms with Gasteiger partial charge in [0, 0.05) is 12.6 Å². The van der Waals surface area contributed by atoms with Crippen molar-refractivity contribution < 1.29 is 5.11 Å². The maximum Gasteiger partial charge on any atom is 0.0662 e. The highest BCUT2D eigenvalue weighted by Gasteiger charge is 2.07. The highest BCUT2D eigenvalue weighted by molar-refractivity contribution is 5.24. The van der Waals surface area contributed by atoms with Crippen LogP contribution in [0.3, 0.4) is 0 Å². The van der Waals surface area contributed by atoms with Gasteiger partial charge in [0.2, 0.25) is 0 Å². The lowest BCUT2D eigenvalue weighted by Crippen LogP contribution is -2.28. The van der Waals surface area contributed by atoms with E-state index in [1.165, 1.54) is 30.4 Å². The first-order valence-electron chi connectivity index (χ1n) is 7.17. The topological polar surface area (TPSA) is 32.3 Å². The van der Waals surface area contributed by atoms with E-state index in [4.69, 9.17) is 0 Å². The third kappa shape index (κ3) is 5.19. The zero-order valence-electron chi connectivity index (χ0n) is 11.9. The van der Waals surface area contributed by atoms with Gasteiger partial charge in [-0.2, -0.15) is 0 Å². The van der Waals surface area contributed by atoms with Crippen molar-refractivity contribution in [3.8, 4) is 0 Å². The Hall–Kier alpha value is -0.860. The van der Waals surface area contributed by atoms with Crippen LogP contribution in [0.1, 0.15) is 57.2 Å². The summed E-state index contributed by atoms with van der Waals surface area (Å²) in [5, 5.41) is 12.9. The fourth-order valence-electron chi connectivity index (χ4n) is 1.93. The molecule has 102 valence electrons. The molecule has 1 aromatic rings. The minimum absolute atomic E-state index is 0.240. The van der Waals surface area contributed by atoms with Crippen LogP contribution in [-0.4, -0.2) is 17.8 Å². The fourth-order valence-corrected chi connectivity index (χ4v) is 1.93. The summed E-state index contributed by atoms with van der Waals surface area (Å²) in [6.45, 7) is 7.03. The zero-order chi connectivity index (χ0) is 13.4. The smallest absolute Gasteiger partial charge is 0.0662 e. The molecular weight excluding hydrogens is 222 g/mol. The van der Waals surface area contributed by atoms with Crippen LogP contribution < -0.4 is 5.32 Å². The maximum atomic E-state index is 9.53. The number of benzene rings is 1. The Balaban J connectivity index is 2.45. The molecule has 0 fully saturated rings. The Morgan fingerprint density at radius 2 is 1.83 bits per heavy atom. The Morgan fingerprint density at radius 1 is 1.17 bits per heavy atom. The second-order valence-electron chi connectivity index (χ2n) is 5.04. The molecule has 2 nitrogen and oxygen atoms in total. The van der Waals surface area contributed by atoms with Crippen molar-refractivity contribution in [1.29, 1.82) is 0 Å². The van der Waals surface area contributed by atoms with Crippen molar-refractivity contribution in [1.82, 2.24) is 5.32 Å². The molecule has 0 spiro atoms. The number of hydrogen-bond acceptors (Lipinski definition) is 2. The van der Waals surface area contributed by atoms with Gasteiger partial charge in [-0.15, -0.1) is 0 Å². The zero-order valence-corrected chi connectivity index (χ0v) is 11.9. The second kappa shape index (κ2) is 8.28. The number of aryl methyl sites for hydroxylation is 1. The number of hydrogen-bond donors (Lipinski definition) is 2. The van der Waals surface area contributed by atoms with E-state index in [0.717, 1.165) is 6.42 Å². The molecule has 1 aromatic carbocycles. The average molecular weight is 249 g/mol. The summed E-state index contributed by atoms with van der Waals surface area (Å²) in [5.74, 6) is 0. The van der Waals surface area contributed by atoms with Crippen molar-refractivity contribution >= 4 is 0 Å². The van der Waals surface area contributed by atoms with E-state index in [1.807, 2.05) is 6.92 Å². The fraction of sp³-hybridized carbons (Fsp3) is 0.625. The van der Waals surface area contributed by atoms with Gasteiger partial charge in [0.25, 0.3) is 0 Å². The summed E-state index contributed by atoms with van der Waals surface area (Å²) in [7, 11) is 0. The van der Waals surface area contributed by atoms with Gasteiger partial charge in [0.15, 0.2) is 0 Å². The summed E-state index contributed by atoms with van der Waals surface area (Å²) in [4.78, 5) is 0. The Kier molecular flexibility index (Phi) is 6.99. The average Bonchev–Trinajstić information content (AvgIpc) is 2.42. The highest BCUT2D eigenvalue weighted by Crippen LogP contribution is 2.14. The number of aliphatic hydroxyl groups is 1. The lowest BCUT2D eigenvalue weighted by Gasteiger charge is -2.17. The predicted molar refractivity (Wildman–Crippen MR) is 77.8 cm³/mol. The van der Waals surface area contributed by atoms with Crippen LogP contribution in [0, 0.1) is 0 Å². The van der Waals surface area contributed by atoms with Crippen LogP contribution >= 0.6 is 0 Å². The van der Waals surface area contributed by atoms with Gasteiger partial charge < -0.3 is 10.4 Å². The number of unbranched alkanes of at least 4 members (excludes halogenated alkanes) is 1. The number of aliphatic hydroxyl groups excluding tert-OH is 1. The second-order valence-corrected chi connectivity index (χ2v) is 5.04. The lowest BCUT2D eigenvalue weighted by molar-refractivity contribution is 0.164. The highest BCUT2D eigenvalue weighted by atomic mass is 16.3. The molecule has 2 unspecified atom stereocenters. The first-order valence-corrected chi connectivity index (χ1v) is 7.17. The summed E-state index contributed by atoms with van der Waals surface area (Å²) in [6, 6.07) is 9.13. The lowest BCUT2D eigenvalue weighted by atomic mass is 10.0. The van der Waals surface area contributed by atoms with E-state index in [1.54, 1.807) is 0 Å². The van der Waals surface area contributed by atoms with Gasteiger partial charge in [-0.1, -0.05) is 44.5 Å².